The lowest BCUT2D eigenvalue weighted by molar-refractivity contribution is 0.0975. The van der Waals surface area contributed by atoms with Crippen molar-refractivity contribution in [3.63, 3.8) is 0 Å². The molecule has 0 aliphatic carbocycles. The standard InChI is InChI=1S/C21H21N3O/c1-13-8-9-16-6-4-5-7-20(16)24(13)21(25)17-10-11-18-19(12-17)23-15(3)14(2)22-18/h4-7,10-13H,8-9H2,1-3H3/t13-/m0/s1. The zero-order valence-electron chi connectivity index (χ0n) is 14.8. The minimum atomic E-state index is 0.0292. The van der Waals surface area contributed by atoms with Crippen LogP contribution in [0.1, 0.15) is 40.7 Å². The third-order valence-electron chi connectivity index (χ3n) is 5.06. The van der Waals surface area contributed by atoms with E-state index in [1.54, 1.807) is 0 Å². The molecule has 0 bridgehead atoms. The van der Waals surface area contributed by atoms with E-state index in [0.717, 1.165) is 41.0 Å². The summed E-state index contributed by atoms with van der Waals surface area (Å²) < 4.78 is 0. The number of carbonyl (C=O) groups excluding carboxylic acids is 1. The number of hydrogen-bond acceptors (Lipinski definition) is 3. The highest BCUT2D eigenvalue weighted by molar-refractivity contribution is 6.08. The zero-order valence-corrected chi connectivity index (χ0v) is 14.8. The molecule has 4 rings (SSSR count). The minimum Gasteiger partial charge on any atom is -0.305 e. The van der Waals surface area contributed by atoms with E-state index >= 15 is 0 Å². The van der Waals surface area contributed by atoms with Gasteiger partial charge in [-0.3, -0.25) is 4.79 Å². The van der Waals surface area contributed by atoms with E-state index in [0.29, 0.717) is 5.56 Å². The number of fused-ring (bicyclic) bond motifs is 2. The molecule has 0 radical (unpaired) electrons. The Morgan fingerprint density at radius 2 is 1.76 bits per heavy atom. The maximum atomic E-state index is 13.2. The van der Waals surface area contributed by atoms with Crippen molar-refractivity contribution in [3.05, 3.63) is 65.0 Å². The second-order valence-electron chi connectivity index (χ2n) is 6.79. The largest absolute Gasteiger partial charge is 0.305 e. The van der Waals surface area contributed by atoms with E-state index < -0.39 is 0 Å². The highest BCUT2D eigenvalue weighted by atomic mass is 16.2. The second-order valence-corrected chi connectivity index (χ2v) is 6.79. The monoisotopic (exact) mass is 331 g/mol. The Hall–Kier alpha value is -2.75. The van der Waals surface area contributed by atoms with Gasteiger partial charge in [0.05, 0.1) is 22.4 Å². The third-order valence-corrected chi connectivity index (χ3v) is 5.06. The van der Waals surface area contributed by atoms with Crippen molar-refractivity contribution in [2.24, 2.45) is 0 Å². The van der Waals surface area contributed by atoms with Crippen LogP contribution in [0.4, 0.5) is 5.69 Å². The Balaban J connectivity index is 1.78. The van der Waals surface area contributed by atoms with Crippen LogP contribution in [0.2, 0.25) is 0 Å². The molecule has 1 aromatic heterocycles. The molecule has 0 N–H and O–H groups in total. The summed E-state index contributed by atoms with van der Waals surface area (Å²) in [5.41, 5.74) is 6.34. The summed E-state index contributed by atoms with van der Waals surface area (Å²) in [7, 11) is 0. The van der Waals surface area contributed by atoms with Crippen LogP contribution >= 0.6 is 0 Å². The van der Waals surface area contributed by atoms with Gasteiger partial charge in [-0.05, 0) is 63.4 Å². The predicted octanol–water partition coefficient (Wildman–Crippen LogP) is 4.23. The van der Waals surface area contributed by atoms with Gasteiger partial charge in [0.2, 0.25) is 0 Å². The number of para-hydroxylation sites is 1. The molecule has 0 unspecified atom stereocenters. The number of aromatic nitrogens is 2. The van der Waals surface area contributed by atoms with Crippen LogP contribution in [0.3, 0.4) is 0 Å². The van der Waals surface area contributed by atoms with Crippen LogP contribution in [0, 0.1) is 13.8 Å². The van der Waals surface area contributed by atoms with Gasteiger partial charge in [-0.1, -0.05) is 18.2 Å². The molecule has 0 fully saturated rings. The summed E-state index contributed by atoms with van der Waals surface area (Å²) in [6.07, 6.45) is 2.00. The zero-order chi connectivity index (χ0) is 17.6. The fourth-order valence-electron chi connectivity index (χ4n) is 3.50. The maximum absolute atomic E-state index is 13.2. The Bertz CT molecular complexity index is 980. The number of carbonyl (C=O) groups is 1. The number of nitrogens with zero attached hydrogens (tertiary/aromatic N) is 3. The van der Waals surface area contributed by atoms with Crippen LogP contribution in [0.5, 0.6) is 0 Å². The molecule has 1 aliphatic rings. The van der Waals surface area contributed by atoms with Crippen molar-refractivity contribution >= 4 is 22.6 Å². The molecule has 0 saturated carbocycles. The molecule has 1 aliphatic heterocycles. The maximum Gasteiger partial charge on any atom is 0.258 e. The van der Waals surface area contributed by atoms with Gasteiger partial charge in [0.1, 0.15) is 0 Å². The van der Waals surface area contributed by atoms with Crippen molar-refractivity contribution in [1.29, 1.82) is 0 Å². The molecule has 4 heteroatoms. The van der Waals surface area contributed by atoms with E-state index in [2.05, 4.69) is 23.0 Å². The number of benzene rings is 2. The van der Waals surface area contributed by atoms with Crippen LogP contribution in [0.25, 0.3) is 11.0 Å². The predicted molar refractivity (Wildman–Crippen MR) is 100 cm³/mol. The molecule has 2 heterocycles. The molecule has 0 spiro atoms. The van der Waals surface area contributed by atoms with E-state index in [4.69, 9.17) is 0 Å². The first-order valence-electron chi connectivity index (χ1n) is 8.71. The SMILES string of the molecule is Cc1nc2ccc(C(=O)N3c4ccccc4CC[C@@H]3C)cc2nc1C. The Kier molecular flexibility index (Phi) is 3.75. The topological polar surface area (TPSA) is 46.1 Å². The Labute approximate surface area is 147 Å². The summed E-state index contributed by atoms with van der Waals surface area (Å²) in [6, 6.07) is 14.0. The molecular formula is C21H21N3O. The van der Waals surface area contributed by atoms with Gasteiger partial charge in [0.25, 0.3) is 5.91 Å². The van der Waals surface area contributed by atoms with Gasteiger partial charge in [-0.25, -0.2) is 9.97 Å². The summed E-state index contributed by atoms with van der Waals surface area (Å²) in [4.78, 5) is 24.3. The van der Waals surface area contributed by atoms with E-state index in [1.807, 2.05) is 55.1 Å². The third kappa shape index (κ3) is 2.68. The van der Waals surface area contributed by atoms with Gasteiger partial charge in [-0.15, -0.1) is 0 Å². The van der Waals surface area contributed by atoms with Crippen LogP contribution < -0.4 is 4.90 Å². The Morgan fingerprint density at radius 3 is 2.56 bits per heavy atom. The van der Waals surface area contributed by atoms with E-state index in [-0.39, 0.29) is 11.9 Å². The molecule has 0 saturated heterocycles. The number of rotatable bonds is 1. The fraction of sp³-hybridized carbons (Fsp3) is 0.286. The highest BCUT2D eigenvalue weighted by Gasteiger charge is 2.28. The van der Waals surface area contributed by atoms with Crippen LogP contribution in [0.15, 0.2) is 42.5 Å². The van der Waals surface area contributed by atoms with Crippen molar-refractivity contribution in [2.75, 3.05) is 4.90 Å². The number of anilines is 1. The minimum absolute atomic E-state index is 0.0292. The summed E-state index contributed by atoms with van der Waals surface area (Å²) in [5.74, 6) is 0.0292. The average molecular weight is 331 g/mol. The van der Waals surface area contributed by atoms with Gasteiger partial charge in [-0.2, -0.15) is 0 Å². The van der Waals surface area contributed by atoms with Gasteiger partial charge in [0, 0.05) is 17.3 Å². The van der Waals surface area contributed by atoms with Gasteiger partial charge < -0.3 is 4.90 Å². The highest BCUT2D eigenvalue weighted by Crippen LogP contribution is 2.32. The first-order chi connectivity index (χ1) is 12.0. The average Bonchev–Trinajstić information content (AvgIpc) is 2.62. The van der Waals surface area contributed by atoms with Crippen LogP contribution in [-0.2, 0) is 6.42 Å². The second kappa shape index (κ2) is 5.96. The number of amides is 1. The summed E-state index contributed by atoms with van der Waals surface area (Å²) in [5, 5.41) is 0. The molecule has 3 aromatic rings. The first-order valence-corrected chi connectivity index (χ1v) is 8.71. The van der Waals surface area contributed by atoms with Crippen molar-refractivity contribution in [3.8, 4) is 0 Å². The summed E-state index contributed by atoms with van der Waals surface area (Å²) >= 11 is 0. The van der Waals surface area contributed by atoms with Crippen molar-refractivity contribution in [2.45, 2.75) is 39.7 Å². The fourth-order valence-corrected chi connectivity index (χ4v) is 3.50. The molecule has 126 valence electrons. The normalized spacial score (nSPS) is 16.8. The number of hydrogen-bond donors (Lipinski definition) is 0. The first kappa shape index (κ1) is 15.8. The van der Waals surface area contributed by atoms with Crippen LogP contribution in [-0.4, -0.2) is 21.9 Å². The van der Waals surface area contributed by atoms with E-state index in [9.17, 15) is 4.79 Å². The van der Waals surface area contributed by atoms with Crippen molar-refractivity contribution in [1.82, 2.24) is 9.97 Å². The van der Waals surface area contributed by atoms with Gasteiger partial charge in [0.15, 0.2) is 0 Å². The van der Waals surface area contributed by atoms with Gasteiger partial charge >= 0.3 is 0 Å². The smallest absolute Gasteiger partial charge is 0.258 e. The lowest BCUT2D eigenvalue weighted by Crippen LogP contribution is -2.42. The molecule has 2 aromatic carbocycles. The lowest BCUT2D eigenvalue weighted by atomic mass is 9.95. The molecular weight excluding hydrogens is 310 g/mol. The lowest BCUT2D eigenvalue weighted by Gasteiger charge is -2.35. The molecule has 25 heavy (non-hydrogen) atoms. The number of aryl methyl sites for hydroxylation is 3. The molecule has 4 nitrogen and oxygen atoms in total. The summed E-state index contributed by atoms with van der Waals surface area (Å²) in [6.45, 7) is 6.01. The Morgan fingerprint density at radius 1 is 1.04 bits per heavy atom. The van der Waals surface area contributed by atoms with E-state index in [1.165, 1.54) is 5.56 Å². The quantitative estimate of drug-likeness (QED) is 0.670. The molecule has 1 atom stereocenters. The van der Waals surface area contributed by atoms with Crippen molar-refractivity contribution < 1.29 is 4.79 Å². The molecule has 1 amide bonds.